The number of ether oxygens (including phenoxy) is 2. The maximum Gasteiger partial charge on any atom is 0.257 e. The van der Waals surface area contributed by atoms with Crippen molar-refractivity contribution in [2.75, 3.05) is 6.79 Å². The summed E-state index contributed by atoms with van der Waals surface area (Å²) in [6.45, 7) is 6.95. The van der Waals surface area contributed by atoms with Crippen molar-refractivity contribution in [2.24, 2.45) is 0 Å². The number of benzene rings is 1. The first-order valence-electron chi connectivity index (χ1n) is 11.3. The van der Waals surface area contributed by atoms with Crippen molar-refractivity contribution in [1.82, 2.24) is 19.3 Å². The van der Waals surface area contributed by atoms with Crippen LogP contribution in [0.5, 0.6) is 11.5 Å². The molecule has 0 saturated carbocycles. The number of nitrogens with one attached hydrogen (secondary N) is 1. The second-order valence-corrected chi connectivity index (χ2v) is 9.28. The normalized spacial score (nSPS) is 12.4. The topological polar surface area (TPSA) is 86.9 Å². The molecule has 1 aliphatic heterocycles. The number of hydrogen-bond acceptors (Lipinski definition) is 6. The number of imidazole rings is 1. The Hall–Kier alpha value is -3.59. The Morgan fingerprint density at radius 2 is 2.00 bits per heavy atom. The molecule has 1 aliphatic rings. The fraction of sp³-hybridized carbons (Fsp3) is 0.320. The number of nitrogens with zero attached hydrogens (tertiary/aromatic N) is 3. The van der Waals surface area contributed by atoms with E-state index in [4.69, 9.17) is 9.47 Å². The Kier molecular flexibility index (Phi) is 5.87. The number of rotatable bonds is 7. The van der Waals surface area contributed by atoms with E-state index in [2.05, 4.69) is 10.3 Å². The van der Waals surface area contributed by atoms with E-state index in [1.165, 1.54) is 6.07 Å². The molecule has 9 heteroatoms. The minimum absolute atomic E-state index is 0.199. The minimum atomic E-state index is -0.374. The van der Waals surface area contributed by atoms with Crippen LogP contribution in [0.2, 0.25) is 0 Å². The van der Waals surface area contributed by atoms with Gasteiger partial charge in [0, 0.05) is 41.3 Å². The molecule has 5 rings (SSSR count). The summed E-state index contributed by atoms with van der Waals surface area (Å²) in [5, 5.41) is 4.95. The highest BCUT2D eigenvalue weighted by Gasteiger charge is 2.21. The van der Waals surface area contributed by atoms with Crippen LogP contribution in [0, 0.1) is 13.8 Å². The predicted molar refractivity (Wildman–Crippen MR) is 130 cm³/mol. The zero-order valence-corrected chi connectivity index (χ0v) is 20.2. The van der Waals surface area contributed by atoms with Crippen LogP contribution in [0.15, 0.2) is 40.6 Å². The molecule has 8 nitrogen and oxygen atoms in total. The van der Waals surface area contributed by atoms with Gasteiger partial charge in [-0.25, -0.2) is 4.98 Å². The van der Waals surface area contributed by atoms with Crippen molar-refractivity contribution in [3.63, 3.8) is 0 Å². The molecule has 0 atom stereocenters. The van der Waals surface area contributed by atoms with Gasteiger partial charge in [-0.05, 0) is 38.0 Å². The van der Waals surface area contributed by atoms with Gasteiger partial charge < -0.3 is 19.4 Å². The molecule has 3 aromatic heterocycles. The van der Waals surface area contributed by atoms with Crippen LogP contribution in [0.25, 0.3) is 4.96 Å². The van der Waals surface area contributed by atoms with Gasteiger partial charge in [0.05, 0.1) is 12.2 Å². The number of hydrogen-bond donors (Lipinski definition) is 1. The minimum Gasteiger partial charge on any atom is -0.454 e. The molecule has 0 bridgehead atoms. The maximum atomic E-state index is 13.2. The maximum absolute atomic E-state index is 13.2. The van der Waals surface area contributed by atoms with Gasteiger partial charge in [0.15, 0.2) is 21.9 Å². The quantitative estimate of drug-likeness (QED) is 0.436. The molecule has 1 N–H and O–H groups in total. The molecular weight excluding hydrogens is 452 g/mol. The van der Waals surface area contributed by atoms with E-state index in [0.717, 1.165) is 45.5 Å². The summed E-state index contributed by atoms with van der Waals surface area (Å²) < 4.78 is 15.0. The highest BCUT2D eigenvalue weighted by molar-refractivity contribution is 7.15. The highest BCUT2D eigenvalue weighted by atomic mass is 32.1. The SMILES string of the molecule is CCCc1c(C(=O)NCc2cn3c(C)csc3n2)c(=O)cc(C)n1Cc1ccc2c(c1)OCO2. The van der Waals surface area contributed by atoms with Crippen LogP contribution in [0.3, 0.4) is 0 Å². The zero-order chi connectivity index (χ0) is 23.8. The molecule has 1 aromatic carbocycles. The lowest BCUT2D eigenvalue weighted by molar-refractivity contribution is 0.0947. The number of pyridine rings is 1. The van der Waals surface area contributed by atoms with E-state index in [-0.39, 0.29) is 30.2 Å². The molecule has 0 saturated heterocycles. The third-order valence-corrected chi connectivity index (χ3v) is 6.94. The van der Waals surface area contributed by atoms with Gasteiger partial charge >= 0.3 is 0 Å². The fourth-order valence-corrected chi connectivity index (χ4v) is 5.17. The smallest absolute Gasteiger partial charge is 0.257 e. The number of amides is 1. The largest absolute Gasteiger partial charge is 0.454 e. The van der Waals surface area contributed by atoms with Crippen LogP contribution in [0.4, 0.5) is 0 Å². The highest BCUT2D eigenvalue weighted by Crippen LogP contribution is 2.33. The average molecular weight is 479 g/mol. The first-order valence-corrected chi connectivity index (χ1v) is 12.1. The van der Waals surface area contributed by atoms with Crippen molar-refractivity contribution in [3.05, 3.63) is 80.0 Å². The van der Waals surface area contributed by atoms with Gasteiger partial charge in [-0.1, -0.05) is 19.4 Å². The molecule has 4 aromatic rings. The van der Waals surface area contributed by atoms with E-state index >= 15 is 0 Å². The van der Waals surface area contributed by atoms with Gasteiger partial charge in [-0.15, -0.1) is 11.3 Å². The zero-order valence-electron chi connectivity index (χ0n) is 19.4. The van der Waals surface area contributed by atoms with Crippen LogP contribution < -0.4 is 20.2 Å². The number of aromatic nitrogens is 3. The second-order valence-electron chi connectivity index (χ2n) is 8.44. The summed E-state index contributed by atoms with van der Waals surface area (Å²) >= 11 is 1.56. The third kappa shape index (κ3) is 4.07. The van der Waals surface area contributed by atoms with E-state index in [9.17, 15) is 9.59 Å². The van der Waals surface area contributed by atoms with Gasteiger partial charge in [0.1, 0.15) is 5.56 Å². The Morgan fingerprint density at radius 1 is 1.18 bits per heavy atom. The standard InChI is InChI=1S/C25H26N4O4S/c1-4-5-19-23(24(31)26-10-18-12-29-16(3)13-34-25(29)27-18)20(30)8-15(2)28(19)11-17-6-7-21-22(9-17)33-14-32-21/h6-9,12-13H,4-5,10-11,14H2,1-3H3,(H,26,31). The molecule has 0 unspecified atom stereocenters. The summed E-state index contributed by atoms with van der Waals surface area (Å²) in [7, 11) is 0. The lowest BCUT2D eigenvalue weighted by Gasteiger charge is -2.20. The van der Waals surface area contributed by atoms with Crippen LogP contribution in [0.1, 0.15) is 52.0 Å². The lowest BCUT2D eigenvalue weighted by Crippen LogP contribution is -2.32. The van der Waals surface area contributed by atoms with Gasteiger partial charge in [-0.2, -0.15) is 0 Å². The summed E-state index contributed by atoms with van der Waals surface area (Å²) in [6, 6.07) is 7.35. The number of fused-ring (bicyclic) bond motifs is 2. The first-order chi connectivity index (χ1) is 16.4. The van der Waals surface area contributed by atoms with Gasteiger partial charge in [-0.3, -0.25) is 14.0 Å². The second kappa shape index (κ2) is 8.98. The van der Waals surface area contributed by atoms with E-state index in [1.807, 2.05) is 59.5 Å². The summed E-state index contributed by atoms with van der Waals surface area (Å²) in [6.07, 6.45) is 3.34. The Morgan fingerprint density at radius 3 is 2.79 bits per heavy atom. The number of carbonyl (C=O) groups is 1. The molecule has 176 valence electrons. The lowest BCUT2D eigenvalue weighted by atomic mass is 10.0. The van der Waals surface area contributed by atoms with Crippen molar-refractivity contribution in [3.8, 4) is 11.5 Å². The number of thiazole rings is 1. The Bertz CT molecular complexity index is 1450. The number of carbonyl (C=O) groups excluding carboxylic acids is 1. The van der Waals surface area contributed by atoms with Crippen LogP contribution >= 0.6 is 11.3 Å². The van der Waals surface area contributed by atoms with Gasteiger partial charge in [0.25, 0.3) is 5.91 Å². The molecule has 0 radical (unpaired) electrons. The Labute approximate surface area is 200 Å². The molecule has 4 heterocycles. The van der Waals surface area contributed by atoms with E-state index < -0.39 is 0 Å². The van der Waals surface area contributed by atoms with Crippen molar-refractivity contribution < 1.29 is 14.3 Å². The van der Waals surface area contributed by atoms with Crippen molar-refractivity contribution >= 4 is 22.2 Å². The van der Waals surface area contributed by atoms with E-state index in [1.54, 1.807) is 11.3 Å². The van der Waals surface area contributed by atoms with E-state index in [0.29, 0.717) is 18.7 Å². The summed E-state index contributed by atoms with van der Waals surface area (Å²) in [4.78, 5) is 31.6. The molecule has 0 spiro atoms. The van der Waals surface area contributed by atoms with Crippen LogP contribution in [-0.4, -0.2) is 26.7 Å². The van der Waals surface area contributed by atoms with Gasteiger partial charge in [0.2, 0.25) is 6.79 Å². The molecule has 0 aliphatic carbocycles. The monoisotopic (exact) mass is 478 g/mol. The third-order valence-electron chi connectivity index (χ3n) is 5.99. The average Bonchev–Trinajstić information content (AvgIpc) is 3.52. The number of aryl methyl sites for hydroxylation is 2. The summed E-state index contributed by atoms with van der Waals surface area (Å²) in [5.74, 6) is 1.06. The molecule has 34 heavy (non-hydrogen) atoms. The molecular formula is C25H26N4O4S. The fourth-order valence-electron chi connectivity index (χ4n) is 4.30. The van der Waals surface area contributed by atoms with Crippen molar-refractivity contribution in [2.45, 2.75) is 46.7 Å². The van der Waals surface area contributed by atoms with Crippen molar-refractivity contribution in [1.29, 1.82) is 0 Å². The van der Waals surface area contributed by atoms with Crippen LogP contribution in [-0.2, 0) is 19.5 Å². The Balaban J connectivity index is 1.44. The summed E-state index contributed by atoms with van der Waals surface area (Å²) in [5.41, 5.74) is 4.35. The predicted octanol–water partition coefficient (Wildman–Crippen LogP) is 3.83. The molecule has 0 fully saturated rings. The molecule has 1 amide bonds. The first kappa shape index (κ1) is 22.2.